The molecule has 2 aliphatic heterocycles. The molecular formula is C31H38F4N2O7. The molecule has 0 radical (unpaired) electrons. The number of halogens is 4. The van der Waals surface area contributed by atoms with Crippen molar-refractivity contribution in [3.63, 3.8) is 0 Å². The molecule has 2 aromatic rings. The summed E-state index contributed by atoms with van der Waals surface area (Å²) in [6.45, 7) is 9.19. The van der Waals surface area contributed by atoms with Crippen LogP contribution in [0.4, 0.5) is 17.6 Å². The van der Waals surface area contributed by atoms with Crippen LogP contribution in [0.3, 0.4) is 0 Å². The smallest absolute Gasteiger partial charge is 0.493 e. The molecule has 9 nitrogen and oxygen atoms in total. The largest absolute Gasteiger partial charge is 0.575 e. The van der Waals surface area contributed by atoms with Crippen molar-refractivity contribution in [3.05, 3.63) is 47.8 Å². The van der Waals surface area contributed by atoms with E-state index in [1.54, 1.807) is 12.1 Å². The first-order chi connectivity index (χ1) is 20.7. The maximum Gasteiger partial charge on any atom is 0.575 e. The minimum Gasteiger partial charge on any atom is -0.493 e. The maximum atomic E-state index is 13.6. The minimum absolute atomic E-state index is 0.194. The summed E-state index contributed by atoms with van der Waals surface area (Å²) in [7, 11) is 0. The molecule has 2 fully saturated rings. The number of nitrogens with zero attached hydrogens (tertiary/aromatic N) is 2. The second kappa shape index (κ2) is 14.7. The lowest BCUT2D eigenvalue weighted by Crippen LogP contribution is -2.45. The predicted molar refractivity (Wildman–Crippen MR) is 152 cm³/mol. The number of likely N-dealkylation sites (tertiary alicyclic amines) is 2. The number of alkyl halides is 3. The van der Waals surface area contributed by atoms with Gasteiger partial charge in [0.2, 0.25) is 5.91 Å². The first-order valence-electron chi connectivity index (χ1n) is 14.4. The van der Waals surface area contributed by atoms with Crippen molar-refractivity contribution in [1.82, 2.24) is 9.80 Å². The van der Waals surface area contributed by atoms with Crippen molar-refractivity contribution >= 4 is 17.8 Å². The Hall–Kier alpha value is -3.87. The molecule has 0 aromatic heterocycles. The topological polar surface area (TPSA) is 106 Å². The Morgan fingerprint density at radius 2 is 1.55 bits per heavy atom. The summed E-state index contributed by atoms with van der Waals surface area (Å²) >= 11 is 0. The number of benzene rings is 2. The van der Waals surface area contributed by atoms with Gasteiger partial charge >= 0.3 is 12.3 Å². The number of carboxylic acids is 1. The normalized spacial score (nSPS) is 17.1. The van der Waals surface area contributed by atoms with Crippen molar-refractivity contribution in [1.29, 1.82) is 0 Å². The zero-order valence-corrected chi connectivity index (χ0v) is 25.2. The lowest BCUT2D eigenvalue weighted by molar-refractivity contribution is -0.307. The maximum absolute atomic E-state index is 13.6. The Labute approximate surface area is 253 Å². The summed E-state index contributed by atoms with van der Waals surface area (Å²) in [5.41, 5.74) is 2.12. The lowest BCUT2D eigenvalue weighted by Gasteiger charge is -2.39. The molecule has 2 heterocycles. The number of ether oxygens (including phenoxy) is 3. The summed E-state index contributed by atoms with van der Waals surface area (Å²) in [6, 6.07) is 8.79. The third-order valence-corrected chi connectivity index (χ3v) is 7.56. The number of carbonyl (C=O) groups excluding carboxylic acids is 2. The lowest BCUT2D eigenvalue weighted by atomic mass is 9.77. The molecule has 1 unspecified atom stereocenters. The van der Waals surface area contributed by atoms with Crippen LogP contribution in [0, 0.1) is 11.2 Å². The van der Waals surface area contributed by atoms with Crippen LogP contribution in [-0.2, 0) is 25.7 Å². The number of carboxylic acid groups (broad SMARTS) is 1. The van der Waals surface area contributed by atoms with E-state index >= 15 is 0 Å². The van der Waals surface area contributed by atoms with Gasteiger partial charge in [0.1, 0.15) is 23.4 Å². The molecule has 44 heavy (non-hydrogen) atoms. The first kappa shape index (κ1) is 34.6. The quantitative estimate of drug-likeness (QED) is 0.282. The third-order valence-electron chi connectivity index (χ3n) is 7.56. The van der Waals surface area contributed by atoms with Crippen LogP contribution in [0.25, 0.3) is 11.1 Å². The SMILES string of the molecule is CC(=O)O.CCOc1cc(CN2CCC3(CC2)CC(=O)N(C(C)C(=O)OC(F)(F)F)C3)cc(OCC)c1-c1ccc(F)cc1. The molecule has 4 rings (SSSR count). The number of carbonyl (C=O) groups is 3. The van der Waals surface area contributed by atoms with Gasteiger partial charge in [-0.25, -0.2) is 9.18 Å². The molecule has 2 aromatic carbocycles. The fourth-order valence-corrected chi connectivity index (χ4v) is 5.56. The number of esters is 1. The second-order valence-electron chi connectivity index (χ2n) is 10.9. The number of piperidine rings is 1. The van der Waals surface area contributed by atoms with Crippen molar-refractivity contribution in [3.8, 4) is 22.6 Å². The fourth-order valence-electron chi connectivity index (χ4n) is 5.56. The summed E-state index contributed by atoms with van der Waals surface area (Å²) in [5.74, 6) is -1.70. The van der Waals surface area contributed by atoms with E-state index in [1.165, 1.54) is 24.0 Å². The Kier molecular flexibility index (Phi) is 11.6. The average molecular weight is 627 g/mol. The molecule has 2 aliphatic rings. The van der Waals surface area contributed by atoms with Gasteiger partial charge < -0.3 is 24.2 Å². The zero-order valence-electron chi connectivity index (χ0n) is 25.2. The van der Waals surface area contributed by atoms with Crippen LogP contribution in [0.15, 0.2) is 36.4 Å². The molecule has 1 amide bonds. The van der Waals surface area contributed by atoms with Crippen LogP contribution in [0.1, 0.15) is 52.5 Å². The van der Waals surface area contributed by atoms with Gasteiger partial charge in [-0.15, -0.1) is 13.2 Å². The Balaban J connectivity index is 0.00000124. The number of aliphatic carboxylic acids is 1. The first-order valence-corrected chi connectivity index (χ1v) is 14.4. The van der Waals surface area contributed by atoms with Gasteiger partial charge in [0, 0.05) is 26.4 Å². The molecule has 1 N–H and O–H groups in total. The van der Waals surface area contributed by atoms with Crippen molar-refractivity contribution in [2.45, 2.75) is 65.9 Å². The van der Waals surface area contributed by atoms with E-state index in [9.17, 15) is 27.2 Å². The minimum atomic E-state index is -5.08. The van der Waals surface area contributed by atoms with Crippen LogP contribution in [0.5, 0.6) is 11.5 Å². The predicted octanol–water partition coefficient (Wildman–Crippen LogP) is 5.65. The van der Waals surface area contributed by atoms with E-state index in [1.807, 2.05) is 26.0 Å². The van der Waals surface area contributed by atoms with Crippen molar-refractivity contribution in [2.24, 2.45) is 5.41 Å². The number of hydrogen-bond acceptors (Lipinski definition) is 7. The van der Waals surface area contributed by atoms with Gasteiger partial charge in [0.05, 0.1) is 18.8 Å². The molecule has 0 saturated carbocycles. The summed E-state index contributed by atoms with van der Waals surface area (Å²) in [5, 5.41) is 7.42. The molecule has 242 valence electrons. The Morgan fingerprint density at radius 1 is 1.02 bits per heavy atom. The standard InChI is InChI=1S/C29H34F4N2O5.C2H4O2/c1-4-38-23-14-20(15-24(39-5-2)26(23)21-6-8-22(30)9-7-21)17-34-12-10-28(11-13-34)16-25(36)35(18-28)19(3)27(37)40-29(31,32)33;1-2(3)4/h6-9,14-15,19H,4-5,10-13,16-18H2,1-3H3;1H3,(H,3,4). The Morgan fingerprint density at radius 3 is 2.02 bits per heavy atom. The molecule has 1 atom stereocenters. The van der Waals surface area contributed by atoms with Gasteiger partial charge in [-0.2, -0.15) is 0 Å². The van der Waals surface area contributed by atoms with Crippen LogP contribution in [-0.4, -0.2) is 78.0 Å². The van der Waals surface area contributed by atoms with E-state index in [0.29, 0.717) is 57.2 Å². The molecule has 2 saturated heterocycles. The molecular weight excluding hydrogens is 588 g/mol. The van der Waals surface area contributed by atoms with E-state index in [2.05, 4.69) is 9.64 Å². The van der Waals surface area contributed by atoms with Crippen molar-refractivity contribution in [2.75, 3.05) is 32.8 Å². The summed E-state index contributed by atoms with van der Waals surface area (Å²) in [4.78, 5) is 37.0. The molecule has 1 spiro atoms. The highest BCUT2D eigenvalue weighted by Crippen LogP contribution is 2.43. The highest BCUT2D eigenvalue weighted by atomic mass is 19.4. The van der Waals surface area contributed by atoms with E-state index in [4.69, 9.17) is 19.4 Å². The van der Waals surface area contributed by atoms with Gasteiger partial charge in [-0.05, 0) is 87.5 Å². The van der Waals surface area contributed by atoms with Gasteiger partial charge in [-0.3, -0.25) is 14.5 Å². The van der Waals surface area contributed by atoms with Crippen LogP contribution < -0.4 is 9.47 Å². The molecule has 0 bridgehead atoms. The molecule has 0 aliphatic carbocycles. The monoisotopic (exact) mass is 626 g/mol. The number of hydrogen-bond donors (Lipinski definition) is 1. The van der Waals surface area contributed by atoms with Crippen LogP contribution >= 0.6 is 0 Å². The molecule has 13 heteroatoms. The highest BCUT2D eigenvalue weighted by Gasteiger charge is 2.48. The number of rotatable bonds is 9. The summed E-state index contributed by atoms with van der Waals surface area (Å²) < 4.78 is 66.5. The number of amides is 1. The fraction of sp³-hybridized carbons (Fsp3) is 0.516. The average Bonchev–Trinajstić information content (AvgIpc) is 3.25. The van der Waals surface area contributed by atoms with Crippen molar-refractivity contribution < 1.29 is 51.3 Å². The van der Waals surface area contributed by atoms with Crippen LogP contribution in [0.2, 0.25) is 0 Å². The summed E-state index contributed by atoms with van der Waals surface area (Å²) in [6.07, 6.45) is -3.56. The highest BCUT2D eigenvalue weighted by molar-refractivity contribution is 5.86. The third kappa shape index (κ3) is 9.31. The van der Waals surface area contributed by atoms with Gasteiger partial charge in [-0.1, -0.05) is 12.1 Å². The van der Waals surface area contributed by atoms with Gasteiger partial charge in [0.15, 0.2) is 0 Å². The van der Waals surface area contributed by atoms with E-state index < -0.39 is 24.3 Å². The zero-order chi connectivity index (χ0) is 32.7. The second-order valence-corrected chi connectivity index (χ2v) is 10.9. The Bertz CT molecular complexity index is 1280. The van der Waals surface area contributed by atoms with E-state index in [0.717, 1.165) is 23.6 Å². The van der Waals surface area contributed by atoms with Gasteiger partial charge in [0.25, 0.3) is 5.97 Å². The van der Waals surface area contributed by atoms with E-state index in [-0.39, 0.29) is 30.1 Å².